The molecule has 0 bridgehead atoms. The summed E-state index contributed by atoms with van der Waals surface area (Å²) in [5.41, 5.74) is 0. The average molecular weight is 796 g/mol. The second-order valence-electron chi connectivity index (χ2n) is 17.9. The van der Waals surface area contributed by atoms with Gasteiger partial charge in [0.15, 0.2) is 0 Å². The first-order chi connectivity index (χ1) is 27.5. The summed E-state index contributed by atoms with van der Waals surface area (Å²) in [6.07, 6.45) is 51.2. The van der Waals surface area contributed by atoms with Gasteiger partial charge in [0.1, 0.15) is 12.2 Å². The molecule has 6 heteroatoms. The van der Waals surface area contributed by atoms with E-state index in [1.165, 1.54) is 212 Å². The van der Waals surface area contributed by atoms with Gasteiger partial charge in [0.2, 0.25) is 5.91 Å². The molecular weight excluding hydrogens is 695 g/mol. The molecule has 0 aromatic rings. The maximum Gasteiger partial charge on any atom is 0.249 e. The lowest BCUT2D eigenvalue weighted by Crippen LogP contribution is -2.53. The molecule has 0 saturated heterocycles. The van der Waals surface area contributed by atoms with Gasteiger partial charge in [-0.3, -0.25) is 4.79 Å². The summed E-state index contributed by atoms with van der Waals surface area (Å²) in [7, 11) is 0. The smallest absolute Gasteiger partial charge is 0.249 e. The van der Waals surface area contributed by atoms with Crippen LogP contribution in [0.5, 0.6) is 0 Å². The lowest BCUT2D eigenvalue weighted by Gasteiger charge is -2.27. The van der Waals surface area contributed by atoms with Gasteiger partial charge in [-0.25, -0.2) is 0 Å². The highest BCUT2D eigenvalue weighted by Crippen LogP contribution is 2.18. The summed E-state index contributed by atoms with van der Waals surface area (Å²) >= 11 is 0. The monoisotopic (exact) mass is 796 g/mol. The van der Waals surface area contributed by atoms with Crippen LogP contribution in [0.2, 0.25) is 0 Å². The Morgan fingerprint density at radius 2 is 0.607 bits per heavy atom. The molecule has 5 N–H and O–H groups in total. The number of nitrogens with one attached hydrogen (secondary N) is 1. The van der Waals surface area contributed by atoms with Crippen molar-refractivity contribution in [3.8, 4) is 0 Å². The number of aliphatic hydroxyl groups excluding tert-OH is 4. The highest BCUT2D eigenvalue weighted by atomic mass is 16.3. The molecule has 0 aromatic carbocycles. The van der Waals surface area contributed by atoms with E-state index in [2.05, 4.69) is 19.2 Å². The summed E-state index contributed by atoms with van der Waals surface area (Å²) in [4.78, 5) is 12.4. The molecule has 6 nitrogen and oxygen atoms in total. The van der Waals surface area contributed by atoms with Gasteiger partial charge in [-0.2, -0.15) is 0 Å². The summed E-state index contributed by atoms with van der Waals surface area (Å²) in [5, 5.41) is 43.0. The molecule has 0 spiro atoms. The van der Waals surface area contributed by atoms with Crippen molar-refractivity contribution in [1.82, 2.24) is 5.32 Å². The topological polar surface area (TPSA) is 110 Å². The predicted molar refractivity (Wildman–Crippen MR) is 242 cm³/mol. The van der Waals surface area contributed by atoms with E-state index in [1.54, 1.807) is 0 Å². The Labute approximate surface area is 350 Å². The van der Waals surface area contributed by atoms with E-state index in [9.17, 15) is 25.2 Å². The normalized spacial score (nSPS) is 13.9. The molecule has 56 heavy (non-hydrogen) atoms. The average Bonchev–Trinajstić information content (AvgIpc) is 3.20. The maximum absolute atomic E-state index is 12.4. The highest BCUT2D eigenvalue weighted by Gasteiger charge is 2.28. The molecule has 0 fully saturated rings. The van der Waals surface area contributed by atoms with Gasteiger partial charge in [-0.1, -0.05) is 271 Å². The van der Waals surface area contributed by atoms with Crippen LogP contribution in [-0.4, -0.2) is 57.3 Å². The van der Waals surface area contributed by atoms with Crippen molar-refractivity contribution in [2.45, 2.75) is 308 Å². The third-order valence-electron chi connectivity index (χ3n) is 12.3. The third-order valence-corrected chi connectivity index (χ3v) is 12.3. The van der Waals surface area contributed by atoms with Crippen LogP contribution in [0.15, 0.2) is 0 Å². The van der Waals surface area contributed by atoms with Crippen LogP contribution < -0.4 is 5.32 Å². The van der Waals surface area contributed by atoms with Gasteiger partial charge in [0.05, 0.1) is 18.8 Å². The first kappa shape index (κ1) is 55.3. The molecule has 0 aliphatic heterocycles. The Bertz CT molecular complexity index is 766. The van der Waals surface area contributed by atoms with E-state index in [1.807, 2.05) is 0 Å². The standard InChI is InChI=1S/C50H101NO5/c1-3-5-7-9-10-11-12-13-14-15-16-17-18-19-20-21-22-23-24-25-26-27-28-29-30-31-32-33-34-35-36-37-38-39-40-42-44-48(54)50(56)51-46(45-52)49(55)47(53)43-41-8-6-4-2/h46-49,52-55H,3-45H2,1-2H3,(H,51,56). The van der Waals surface area contributed by atoms with Gasteiger partial charge in [-0.15, -0.1) is 0 Å². The molecule has 0 radical (unpaired) electrons. The molecule has 0 heterocycles. The number of aliphatic hydroxyl groups is 4. The highest BCUT2D eigenvalue weighted by molar-refractivity contribution is 5.80. The number of unbranched alkanes of at least 4 members (excludes halogenated alkanes) is 38. The lowest BCUT2D eigenvalue weighted by molar-refractivity contribution is -0.132. The Balaban J connectivity index is 3.35. The van der Waals surface area contributed by atoms with Gasteiger partial charge in [-0.05, 0) is 12.8 Å². The minimum absolute atomic E-state index is 0.374. The second kappa shape index (κ2) is 45.4. The predicted octanol–water partition coefficient (Wildman–Crippen LogP) is 14.0. The summed E-state index contributed by atoms with van der Waals surface area (Å²) < 4.78 is 0. The number of hydrogen-bond donors (Lipinski definition) is 5. The minimum Gasteiger partial charge on any atom is -0.394 e. The quantitative estimate of drug-likeness (QED) is 0.0394. The fourth-order valence-corrected chi connectivity index (χ4v) is 8.29. The molecular formula is C50H101NO5. The second-order valence-corrected chi connectivity index (χ2v) is 17.9. The van der Waals surface area contributed by atoms with Gasteiger partial charge in [0.25, 0.3) is 0 Å². The number of hydrogen-bond acceptors (Lipinski definition) is 5. The zero-order valence-corrected chi connectivity index (χ0v) is 37.9. The summed E-state index contributed by atoms with van der Waals surface area (Å²) in [6, 6.07) is -0.976. The SMILES string of the molecule is CCCCCCCCCCCCCCCCCCCCCCCCCCCCCCCCCCCCCCC(O)C(=O)NC(CO)C(O)C(O)CCCCCC. The Hall–Kier alpha value is -0.690. The van der Waals surface area contributed by atoms with Crippen molar-refractivity contribution in [3.63, 3.8) is 0 Å². The minimum atomic E-state index is -1.25. The Morgan fingerprint density at radius 1 is 0.375 bits per heavy atom. The largest absolute Gasteiger partial charge is 0.394 e. The van der Waals surface area contributed by atoms with E-state index in [0.717, 1.165) is 44.9 Å². The molecule has 0 aromatic heterocycles. The Morgan fingerprint density at radius 3 is 0.875 bits per heavy atom. The van der Waals surface area contributed by atoms with Gasteiger partial charge >= 0.3 is 0 Å². The summed E-state index contributed by atoms with van der Waals surface area (Å²) in [5.74, 6) is -0.586. The van der Waals surface area contributed by atoms with Gasteiger partial charge in [0, 0.05) is 0 Å². The fourth-order valence-electron chi connectivity index (χ4n) is 8.29. The van der Waals surface area contributed by atoms with E-state index < -0.39 is 36.9 Å². The van der Waals surface area contributed by atoms with Crippen LogP contribution in [0, 0.1) is 0 Å². The van der Waals surface area contributed by atoms with E-state index in [-0.39, 0.29) is 0 Å². The molecule has 1 amide bonds. The van der Waals surface area contributed by atoms with Crippen LogP contribution in [0.4, 0.5) is 0 Å². The van der Waals surface area contributed by atoms with Crippen molar-refractivity contribution in [2.24, 2.45) is 0 Å². The summed E-state index contributed by atoms with van der Waals surface area (Å²) in [6.45, 7) is 3.93. The van der Waals surface area contributed by atoms with Crippen LogP contribution >= 0.6 is 0 Å². The molecule has 4 atom stereocenters. The molecule has 0 rings (SSSR count). The van der Waals surface area contributed by atoms with Crippen LogP contribution in [0.25, 0.3) is 0 Å². The van der Waals surface area contributed by atoms with Crippen molar-refractivity contribution in [3.05, 3.63) is 0 Å². The van der Waals surface area contributed by atoms with E-state index >= 15 is 0 Å². The zero-order chi connectivity index (χ0) is 41.0. The lowest BCUT2D eigenvalue weighted by atomic mass is 9.99. The van der Waals surface area contributed by atoms with Crippen molar-refractivity contribution < 1.29 is 25.2 Å². The molecule has 336 valence electrons. The van der Waals surface area contributed by atoms with Crippen LogP contribution in [0.3, 0.4) is 0 Å². The molecule has 0 aliphatic carbocycles. The molecule has 4 unspecified atom stereocenters. The van der Waals surface area contributed by atoms with Crippen molar-refractivity contribution in [2.75, 3.05) is 6.61 Å². The van der Waals surface area contributed by atoms with E-state index in [0.29, 0.717) is 12.8 Å². The number of amides is 1. The van der Waals surface area contributed by atoms with Crippen LogP contribution in [-0.2, 0) is 4.79 Å². The number of carbonyl (C=O) groups is 1. The zero-order valence-electron chi connectivity index (χ0n) is 37.9. The molecule has 0 aliphatic rings. The van der Waals surface area contributed by atoms with Crippen molar-refractivity contribution in [1.29, 1.82) is 0 Å². The maximum atomic E-state index is 12.4. The third kappa shape index (κ3) is 38.8. The van der Waals surface area contributed by atoms with Crippen molar-refractivity contribution >= 4 is 5.91 Å². The number of carbonyl (C=O) groups excluding carboxylic acids is 1. The molecule has 0 saturated carbocycles. The first-order valence-corrected chi connectivity index (χ1v) is 25.4. The number of rotatable bonds is 47. The van der Waals surface area contributed by atoms with E-state index in [4.69, 9.17) is 0 Å². The fraction of sp³-hybridized carbons (Fsp3) is 0.980. The first-order valence-electron chi connectivity index (χ1n) is 25.4. The Kier molecular flexibility index (Phi) is 44.8. The van der Waals surface area contributed by atoms with Crippen LogP contribution in [0.1, 0.15) is 284 Å². The van der Waals surface area contributed by atoms with Gasteiger partial charge < -0.3 is 25.7 Å².